The van der Waals surface area contributed by atoms with E-state index in [0.29, 0.717) is 37.6 Å². The van der Waals surface area contributed by atoms with Gasteiger partial charge in [0.15, 0.2) is 5.82 Å². The van der Waals surface area contributed by atoms with Crippen molar-refractivity contribution in [2.75, 3.05) is 19.8 Å². The third kappa shape index (κ3) is 4.58. The topological polar surface area (TPSA) is 109 Å². The van der Waals surface area contributed by atoms with E-state index in [1.165, 1.54) is 0 Å². The Morgan fingerprint density at radius 2 is 2.17 bits per heavy atom. The van der Waals surface area contributed by atoms with E-state index in [4.69, 9.17) is 4.74 Å². The van der Waals surface area contributed by atoms with Gasteiger partial charge in [-0.05, 0) is 60.4 Å². The van der Waals surface area contributed by atoms with Crippen LogP contribution in [0.2, 0.25) is 0 Å². The highest BCUT2D eigenvalue weighted by Crippen LogP contribution is 2.19. The Morgan fingerprint density at radius 1 is 1.30 bits per heavy atom. The average Bonchev–Trinajstić information content (AvgIpc) is 3.36. The highest BCUT2D eigenvalue weighted by Gasteiger charge is 2.20. The van der Waals surface area contributed by atoms with Crippen LogP contribution in [0.3, 0.4) is 0 Å². The first-order valence-corrected chi connectivity index (χ1v) is 10.4. The molecule has 9 nitrogen and oxygen atoms in total. The number of rotatable bonds is 8. The normalized spacial score (nSPS) is 16.7. The smallest absolute Gasteiger partial charge is 0.252 e. The third-order valence-electron chi connectivity index (χ3n) is 5.57. The minimum absolute atomic E-state index is 0.0169. The summed E-state index contributed by atoms with van der Waals surface area (Å²) in [6, 6.07) is 6.04. The lowest BCUT2D eigenvalue weighted by Gasteiger charge is -2.21. The van der Waals surface area contributed by atoms with E-state index in [2.05, 4.69) is 26.6 Å². The summed E-state index contributed by atoms with van der Waals surface area (Å²) >= 11 is 0. The SMILES string of the molecule is Cc1cc(C)c2cc(CN(CCO)Cc3nnnn3C[C@@H]3CCCO3)c(=O)[nH]c2c1. The zero-order chi connectivity index (χ0) is 21.1. The number of aryl methyl sites for hydroxylation is 2. The summed E-state index contributed by atoms with van der Waals surface area (Å²) < 4.78 is 7.45. The second kappa shape index (κ2) is 9.03. The fraction of sp³-hybridized carbons (Fsp3) is 0.524. The number of aliphatic hydroxyl groups is 1. The van der Waals surface area contributed by atoms with Crippen molar-refractivity contribution in [1.82, 2.24) is 30.1 Å². The van der Waals surface area contributed by atoms with E-state index in [1.807, 2.05) is 30.9 Å². The Labute approximate surface area is 174 Å². The van der Waals surface area contributed by atoms with Crippen LogP contribution in [0.1, 0.15) is 35.4 Å². The lowest BCUT2D eigenvalue weighted by atomic mass is 10.0. The number of aromatic nitrogens is 5. The predicted molar refractivity (Wildman–Crippen MR) is 112 cm³/mol. The number of pyridine rings is 1. The van der Waals surface area contributed by atoms with Gasteiger partial charge in [-0.3, -0.25) is 9.69 Å². The van der Waals surface area contributed by atoms with Gasteiger partial charge in [0.1, 0.15) is 0 Å². The van der Waals surface area contributed by atoms with Crippen LogP contribution in [0, 0.1) is 13.8 Å². The van der Waals surface area contributed by atoms with Crippen molar-refractivity contribution in [2.24, 2.45) is 0 Å². The van der Waals surface area contributed by atoms with E-state index >= 15 is 0 Å². The van der Waals surface area contributed by atoms with Gasteiger partial charge in [-0.2, -0.15) is 0 Å². The number of fused-ring (bicyclic) bond motifs is 1. The van der Waals surface area contributed by atoms with Gasteiger partial charge in [-0.15, -0.1) is 5.10 Å². The lowest BCUT2D eigenvalue weighted by Crippen LogP contribution is -2.31. The van der Waals surface area contributed by atoms with Crippen LogP contribution in [-0.4, -0.2) is 61.1 Å². The number of ether oxygens (including phenoxy) is 1. The molecule has 4 rings (SSSR count). The Balaban J connectivity index is 1.55. The predicted octanol–water partition coefficient (Wildman–Crippen LogP) is 1.30. The van der Waals surface area contributed by atoms with Gasteiger partial charge in [-0.25, -0.2) is 4.68 Å². The summed E-state index contributed by atoms with van der Waals surface area (Å²) in [6.45, 7) is 6.68. The minimum atomic E-state index is -0.116. The van der Waals surface area contributed by atoms with Crippen molar-refractivity contribution < 1.29 is 9.84 Å². The Kier molecular flexibility index (Phi) is 6.21. The number of nitrogens with one attached hydrogen (secondary N) is 1. The van der Waals surface area contributed by atoms with E-state index < -0.39 is 0 Å². The van der Waals surface area contributed by atoms with Crippen molar-refractivity contribution in [3.63, 3.8) is 0 Å². The molecular formula is C21H28N6O3. The second-order valence-electron chi connectivity index (χ2n) is 8.01. The second-order valence-corrected chi connectivity index (χ2v) is 8.01. The summed E-state index contributed by atoms with van der Waals surface area (Å²) in [4.78, 5) is 17.7. The minimum Gasteiger partial charge on any atom is -0.395 e. The van der Waals surface area contributed by atoms with Gasteiger partial charge in [0.2, 0.25) is 0 Å². The van der Waals surface area contributed by atoms with Crippen LogP contribution in [0.25, 0.3) is 10.9 Å². The van der Waals surface area contributed by atoms with E-state index in [9.17, 15) is 9.90 Å². The lowest BCUT2D eigenvalue weighted by molar-refractivity contribution is 0.0912. The highest BCUT2D eigenvalue weighted by molar-refractivity contribution is 5.83. The van der Waals surface area contributed by atoms with Crippen molar-refractivity contribution in [1.29, 1.82) is 0 Å². The molecule has 1 atom stereocenters. The molecular weight excluding hydrogens is 384 g/mol. The maximum atomic E-state index is 12.7. The molecule has 0 saturated carbocycles. The molecule has 30 heavy (non-hydrogen) atoms. The maximum Gasteiger partial charge on any atom is 0.252 e. The fourth-order valence-corrected chi connectivity index (χ4v) is 4.09. The molecule has 1 saturated heterocycles. The molecule has 3 heterocycles. The number of aliphatic hydroxyl groups excluding tert-OH is 1. The third-order valence-corrected chi connectivity index (χ3v) is 5.57. The van der Waals surface area contributed by atoms with Gasteiger partial charge >= 0.3 is 0 Å². The zero-order valence-corrected chi connectivity index (χ0v) is 17.5. The number of tetrazole rings is 1. The van der Waals surface area contributed by atoms with Crippen LogP contribution >= 0.6 is 0 Å². The average molecular weight is 412 g/mol. The quantitative estimate of drug-likeness (QED) is 0.574. The summed E-state index contributed by atoms with van der Waals surface area (Å²) in [5.41, 5.74) is 3.62. The van der Waals surface area contributed by atoms with E-state index in [-0.39, 0.29) is 18.3 Å². The molecule has 2 aromatic heterocycles. The molecule has 9 heteroatoms. The zero-order valence-electron chi connectivity index (χ0n) is 17.5. The largest absolute Gasteiger partial charge is 0.395 e. The maximum absolute atomic E-state index is 12.7. The van der Waals surface area contributed by atoms with Gasteiger partial charge in [-0.1, -0.05) is 6.07 Å². The summed E-state index contributed by atoms with van der Waals surface area (Å²) in [5.74, 6) is 0.697. The molecule has 1 fully saturated rings. The molecule has 160 valence electrons. The van der Waals surface area contributed by atoms with E-state index in [1.54, 1.807) is 4.68 Å². The van der Waals surface area contributed by atoms with Gasteiger partial charge in [0, 0.05) is 36.2 Å². The Bertz CT molecular complexity index is 1070. The van der Waals surface area contributed by atoms with Crippen molar-refractivity contribution >= 4 is 10.9 Å². The number of benzene rings is 1. The highest BCUT2D eigenvalue weighted by atomic mass is 16.5. The Morgan fingerprint density at radius 3 is 2.93 bits per heavy atom. The number of nitrogens with zero attached hydrogens (tertiary/aromatic N) is 5. The first kappa shape index (κ1) is 20.6. The molecule has 2 N–H and O–H groups in total. The molecule has 1 aliphatic rings. The van der Waals surface area contributed by atoms with Crippen molar-refractivity contribution in [3.8, 4) is 0 Å². The van der Waals surface area contributed by atoms with Gasteiger partial charge in [0.05, 0.1) is 25.8 Å². The van der Waals surface area contributed by atoms with Crippen LogP contribution in [0.15, 0.2) is 23.0 Å². The summed E-state index contributed by atoms with van der Waals surface area (Å²) in [7, 11) is 0. The molecule has 0 spiro atoms. The molecule has 0 bridgehead atoms. The Hall–Kier alpha value is -2.62. The van der Waals surface area contributed by atoms with E-state index in [0.717, 1.165) is 41.5 Å². The molecule has 0 radical (unpaired) electrons. The number of hydrogen-bond acceptors (Lipinski definition) is 7. The number of hydrogen-bond donors (Lipinski definition) is 2. The van der Waals surface area contributed by atoms with Gasteiger partial charge < -0.3 is 14.8 Å². The van der Waals surface area contributed by atoms with Crippen LogP contribution in [-0.2, 0) is 24.4 Å². The van der Waals surface area contributed by atoms with Crippen LogP contribution < -0.4 is 5.56 Å². The molecule has 0 aliphatic carbocycles. The fourth-order valence-electron chi connectivity index (χ4n) is 4.09. The number of aromatic amines is 1. The van der Waals surface area contributed by atoms with Crippen molar-refractivity contribution in [2.45, 2.75) is 52.4 Å². The molecule has 0 amide bonds. The first-order chi connectivity index (χ1) is 14.5. The van der Waals surface area contributed by atoms with Crippen LogP contribution in [0.4, 0.5) is 0 Å². The molecule has 3 aromatic rings. The first-order valence-electron chi connectivity index (χ1n) is 10.4. The van der Waals surface area contributed by atoms with Crippen LogP contribution in [0.5, 0.6) is 0 Å². The molecule has 0 unspecified atom stereocenters. The standard InChI is InChI=1S/C21H28N6O3/c1-14-8-15(2)18-10-16(21(29)22-19(18)9-14)11-26(5-6-28)13-20-23-24-25-27(20)12-17-4-3-7-30-17/h8-10,17,28H,3-7,11-13H2,1-2H3,(H,22,29)/t17-/m0/s1. The summed E-state index contributed by atoms with van der Waals surface area (Å²) in [5, 5.41) is 22.6. The molecule has 1 aromatic carbocycles. The number of H-pyrrole nitrogens is 1. The summed E-state index contributed by atoms with van der Waals surface area (Å²) in [6.07, 6.45) is 2.20. The van der Waals surface area contributed by atoms with Crippen molar-refractivity contribution in [3.05, 3.63) is 51.1 Å². The molecule has 1 aliphatic heterocycles. The monoisotopic (exact) mass is 412 g/mol. The van der Waals surface area contributed by atoms with Gasteiger partial charge in [0.25, 0.3) is 5.56 Å².